The summed E-state index contributed by atoms with van der Waals surface area (Å²) in [7, 11) is 0. The van der Waals surface area contributed by atoms with Gasteiger partial charge in [0.2, 0.25) is 5.91 Å². The van der Waals surface area contributed by atoms with Crippen LogP contribution in [0.3, 0.4) is 0 Å². The second kappa shape index (κ2) is 8.93. The molecule has 0 aromatic carbocycles. The van der Waals surface area contributed by atoms with Gasteiger partial charge in [0.15, 0.2) is 5.16 Å². The van der Waals surface area contributed by atoms with Gasteiger partial charge in [-0.3, -0.25) is 10.1 Å². The number of hydrogen-bond acceptors (Lipinski definition) is 4. The van der Waals surface area contributed by atoms with E-state index in [9.17, 15) is 9.59 Å². The molecule has 6 nitrogen and oxygen atoms in total. The topological polar surface area (TPSA) is 76.0 Å². The highest BCUT2D eigenvalue weighted by molar-refractivity contribution is 7.99. The Labute approximate surface area is 159 Å². The van der Waals surface area contributed by atoms with Gasteiger partial charge in [-0.05, 0) is 39.5 Å². The Balaban J connectivity index is 1.54. The van der Waals surface area contributed by atoms with Crippen LogP contribution in [0.5, 0.6) is 0 Å². The third-order valence-corrected chi connectivity index (χ3v) is 6.52. The van der Waals surface area contributed by atoms with Gasteiger partial charge in [0, 0.05) is 17.8 Å². The zero-order chi connectivity index (χ0) is 18.5. The standard InChI is InChI=1S/C19H30N4O2S/c1-13-14(2)23(16-10-4-3-5-11-16)19(20-13)26-12-17(24)22-18(25)21-15-8-6-7-9-15/h15-16H,3-12H2,1-2H3,(H2,21,22,24,25). The molecule has 0 spiro atoms. The average molecular weight is 379 g/mol. The van der Waals surface area contributed by atoms with E-state index in [4.69, 9.17) is 0 Å². The molecule has 0 aliphatic heterocycles. The fraction of sp³-hybridized carbons (Fsp3) is 0.737. The number of carbonyl (C=O) groups excluding carboxylic acids is 2. The van der Waals surface area contributed by atoms with E-state index < -0.39 is 0 Å². The normalized spacial score (nSPS) is 18.8. The number of urea groups is 1. The predicted octanol–water partition coefficient (Wildman–Crippen LogP) is 3.87. The van der Waals surface area contributed by atoms with Crippen LogP contribution in [-0.4, -0.2) is 33.3 Å². The maximum absolute atomic E-state index is 12.2. The van der Waals surface area contributed by atoms with Gasteiger partial charge in [-0.15, -0.1) is 0 Å². The molecular weight excluding hydrogens is 348 g/mol. The SMILES string of the molecule is Cc1nc(SCC(=O)NC(=O)NC2CCCC2)n(C2CCCCC2)c1C. The first-order chi connectivity index (χ1) is 12.5. The molecule has 26 heavy (non-hydrogen) atoms. The van der Waals surface area contributed by atoms with Crippen molar-refractivity contribution in [2.45, 2.75) is 88.9 Å². The number of hydrogen-bond donors (Lipinski definition) is 2. The first-order valence-corrected chi connectivity index (χ1v) is 10.8. The van der Waals surface area contributed by atoms with Gasteiger partial charge < -0.3 is 9.88 Å². The molecule has 0 bridgehead atoms. The molecule has 1 aromatic heterocycles. The van der Waals surface area contributed by atoms with E-state index >= 15 is 0 Å². The van der Waals surface area contributed by atoms with Crippen LogP contribution in [0.15, 0.2) is 5.16 Å². The number of amides is 3. The van der Waals surface area contributed by atoms with Gasteiger partial charge in [0.25, 0.3) is 0 Å². The van der Waals surface area contributed by atoms with Crippen molar-refractivity contribution in [3.8, 4) is 0 Å². The molecule has 1 aromatic rings. The number of nitrogens with one attached hydrogen (secondary N) is 2. The Morgan fingerprint density at radius 3 is 2.42 bits per heavy atom. The van der Waals surface area contributed by atoms with E-state index in [1.165, 1.54) is 49.6 Å². The van der Waals surface area contributed by atoms with Crippen molar-refractivity contribution in [1.82, 2.24) is 20.2 Å². The summed E-state index contributed by atoms with van der Waals surface area (Å²) in [4.78, 5) is 28.7. The Morgan fingerprint density at radius 2 is 1.73 bits per heavy atom. The zero-order valence-corrected chi connectivity index (χ0v) is 16.7. The lowest BCUT2D eigenvalue weighted by Crippen LogP contribution is -2.44. The minimum absolute atomic E-state index is 0.209. The highest BCUT2D eigenvalue weighted by Gasteiger charge is 2.23. The number of rotatable bonds is 5. The van der Waals surface area contributed by atoms with E-state index in [2.05, 4.69) is 27.1 Å². The van der Waals surface area contributed by atoms with Crippen molar-refractivity contribution in [1.29, 1.82) is 0 Å². The molecule has 3 rings (SSSR count). The molecule has 2 fully saturated rings. The van der Waals surface area contributed by atoms with E-state index in [-0.39, 0.29) is 23.7 Å². The number of thioether (sulfide) groups is 1. The number of carbonyl (C=O) groups is 2. The minimum atomic E-state index is -0.370. The third kappa shape index (κ3) is 4.81. The monoisotopic (exact) mass is 378 g/mol. The lowest BCUT2D eigenvalue weighted by atomic mass is 9.95. The quantitative estimate of drug-likeness (QED) is 0.763. The van der Waals surface area contributed by atoms with Crippen LogP contribution >= 0.6 is 11.8 Å². The molecule has 0 radical (unpaired) electrons. The van der Waals surface area contributed by atoms with E-state index in [0.29, 0.717) is 6.04 Å². The van der Waals surface area contributed by atoms with Crippen molar-refractivity contribution in [2.24, 2.45) is 0 Å². The van der Waals surface area contributed by atoms with Crippen LogP contribution in [-0.2, 0) is 4.79 Å². The Kier molecular flexibility index (Phi) is 6.62. The van der Waals surface area contributed by atoms with Gasteiger partial charge in [-0.25, -0.2) is 9.78 Å². The first kappa shape index (κ1) is 19.3. The third-order valence-electron chi connectivity index (χ3n) is 5.57. The van der Waals surface area contributed by atoms with Gasteiger partial charge in [0.1, 0.15) is 0 Å². The van der Waals surface area contributed by atoms with Crippen molar-refractivity contribution in [2.75, 3.05) is 5.75 Å². The lowest BCUT2D eigenvalue weighted by molar-refractivity contribution is -0.117. The second-order valence-electron chi connectivity index (χ2n) is 7.52. The van der Waals surface area contributed by atoms with Gasteiger partial charge in [-0.1, -0.05) is 43.9 Å². The summed E-state index contributed by atoms with van der Waals surface area (Å²) in [5.74, 6) is -0.0558. The van der Waals surface area contributed by atoms with Gasteiger partial charge in [0.05, 0.1) is 11.4 Å². The number of imidazole rings is 1. The van der Waals surface area contributed by atoms with Crippen molar-refractivity contribution >= 4 is 23.7 Å². The number of imide groups is 1. The van der Waals surface area contributed by atoms with Crippen LogP contribution in [0.4, 0.5) is 4.79 Å². The van der Waals surface area contributed by atoms with Crippen molar-refractivity contribution in [3.05, 3.63) is 11.4 Å². The molecule has 2 N–H and O–H groups in total. The van der Waals surface area contributed by atoms with Gasteiger partial charge in [-0.2, -0.15) is 0 Å². The zero-order valence-electron chi connectivity index (χ0n) is 15.8. The molecule has 2 aliphatic rings. The van der Waals surface area contributed by atoms with Crippen LogP contribution in [0.25, 0.3) is 0 Å². The fourth-order valence-electron chi connectivity index (χ4n) is 4.05. The molecule has 0 saturated heterocycles. The van der Waals surface area contributed by atoms with Crippen molar-refractivity contribution < 1.29 is 9.59 Å². The number of nitrogens with zero attached hydrogens (tertiary/aromatic N) is 2. The molecule has 2 saturated carbocycles. The summed E-state index contributed by atoms with van der Waals surface area (Å²) in [6, 6.07) is 0.331. The molecule has 7 heteroatoms. The smallest absolute Gasteiger partial charge is 0.321 e. The van der Waals surface area contributed by atoms with Crippen molar-refractivity contribution in [3.63, 3.8) is 0 Å². The number of aromatic nitrogens is 2. The summed E-state index contributed by atoms with van der Waals surface area (Å²) >= 11 is 1.43. The van der Waals surface area contributed by atoms with Crippen LogP contribution < -0.4 is 10.6 Å². The van der Waals surface area contributed by atoms with E-state index in [0.717, 1.165) is 36.5 Å². The Hall–Kier alpha value is -1.50. The maximum atomic E-state index is 12.2. The average Bonchev–Trinajstić information content (AvgIpc) is 3.22. The maximum Gasteiger partial charge on any atom is 0.321 e. The molecule has 2 aliphatic carbocycles. The largest absolute Gasteiger partial charge is 0.335 e. The molecular formula is C19H30N4O2S. The summed E-state index contributed by atoms with van der Waals surface area (Å²) in [5.41, 5.74) is 2.22. The molecule has 0 unspecified atom stereocenters. The van der Waals surface area contributed by atoms with Gasteiger partial charge >= 0.3 is 6.03 Å². The fourth-order valence-corrected chi connectivity index (χ4v) is 5.01. The molecule has 0 atom stereocenters. The highest BCUT2D eigenvalue weighted by Crippen LogP contribution is 2.34. The Morgan fingerprint density at radius 1 is 1.08 bits per heavy atom. The minimum Gasteiger partial charge on any atom is -0.335 e. The van der Waals surface area contributed by atoms with Crippen LogP contribution in [0, 0.1) is 13.8 Å². The Bertz CT molecular complexity index is 646. The van der Waals surface area contributed by atoms with E-state index in [1.54, 1.807) is 0 Å². The summed E-state index contributed by atoms with van der Waals surface area (Å²) in [6.07, 6.45) is 10.5. The van der Waals surface area contributed by atoms with E-state index in [1.807, 2.05) is 6.92 Å². The second-order valence-corrected chi connectivity index (χ2v) is 8.46. The summed E-state index contributed by atoms with van der Waals surface area (Å²) in [5, 5.41) is 6.24. The van der Waals surface area contributed by atoms with Crippen LogP contribution in [0.2, 0.25) is 0 Å². The summed E-state index contributed by atoms with van der Waals surface area (Å²) < 4.78 is 2.31. The first-order valence-electron chi connectivity index (χ1n) is 9.83. The number of aryl methyl sites for hydroxylation is 1. The summed E-state index contributed by atoms with van der Waals surface area (Å²) in [6.45, 7) is 4.13. The molecule has 144 valence electrons. The molecule has 3 amide bonds. The van der Waals surface area contributed by atoms with Crippen LogP contribution in [0.1, 0.15) is 75.2 Å². The lowest BCUT2D eigenvalue weighted by Gasteiger charge is -2.26. The molecule has 1 heterocycles. The predicted molar refractivity (Wildman–Crippen MR) is 103 cm³/mol. The highest BCUT2D eigenvalue weighted by atomic mass is 32.2.